The maximum atomic E-state index is 11.9. The Morgan fingerprint density at radius 1 is 1.47 bits per heavy atom. The number of Topliss-reactive ketones (excluding diaryl/α,β-unsaturated/α-hetero) is 1. The number of hydrogen-bond donors (Lipinski definition) is 0. The highest BCUT2D eigenvalue weighted by Crippen LogP contribution is 2.29. The van der Waals surface area contributed by atoms with E-state index in [-0.39, 0.29) is 0 Å². The zero-order valence-electron chi connectivity index (χ0n) is 8.57. The van der Waals surface area contributed by atoms with Crippen LogP contribution in [0.3, 0.4) is 0 Å². The fraction of sp³-hybridized carbons (Fsp3) is 0.444. The molecule has 0 aromatic carbocycles. The fourth-order valence-electron chi connectivity index (χ4n) is 0.898. The van der Waals surface area contributed by atoms with E-state index >= 15 is 0 Å². The molecular formula is C9H11ClO3S2. The number of halogens is 1. The number of sulfone groups is 1. The largest absolute Gasteiger partial charge is 0.291 e. The van der Waals surface area contributed by atoms with Crippen molar-refractivity contribution in [3.63, 3.8) is 0 Å². The molecule has 15 heavy (non-hydrogen) atoms. The van der Waals surface area contributed by atoms with Crippen molar-refractivity contribution in [3.05, 3.63) is 21.3 Å². The zero-order valence-corrected chi connectivity index (χ0v) is 11.0. The summed E-state index contributed by atoms with van der Waals surface area (Å²) < 4.78 is 21.5. The number of hydrogen-bond acceptors (Lipinski definition) is 4. The van der Waals surface area contributed by atoms with Crippen molar-refractivity contribution in [3.8, 4) is 0 Å². The van der Waals surface area contributed by atoms with Crippen LogP contribution in [-0.2, 0) is 9.84 Å². The van der Waals surface area contributed by atoms with Crippen LogP contribution >= 0.6 is 22.9 Å². The third-order valence-corrected chi connectivity index (χ3v) is 5.68. The van der Waals surface area contributed by atoms with Gasteiger partial charge in [-0.2, -0.15) is 0 Å². The second-order valence-corrected chi connectivity index (χ2v) is 7.60. The summed E-state index contributed by atoms with van der Waals surface area (Å²) in [6, 6.07) is 1.58. The van der Waals surface area contributed by atoms with Crippen molar-refractivity contribution < 1.29 is 13.2 Å². The molecule has 84 valence electrons. The van der Waals surface area contributed by atoms with Gasteiger partial charge in [-0.1, -0.05) is 11.6 Å². The van der Waals surface area contributed by atoms with Crippen molar-refractivity contribution in [2.45, 2.75) is 18.6 Å². The van der Waals surface area contributed by atoms with Crippen LogP contribution in [0.25, 0.3) is 0 Å². The molecule has 0 aliphatic carbocycles. The Morgan fingerprint density at radius 3 is 2.33 bits per heavy atom. The molecule has 0 N–H and O–H groups in total. The summed E-state index contributed by atoms with van der Waals surface area (Å²) in [4.78, 5) is 12.2. The molecule has 0 radical (unpaired) electrons. The van der Waals surface area contributed by atoms with Gasteiger partial charge in [-0.05, 0) is 25.3 Å². The van der Waals surface area contributed by atoms with Crippen LogP contribution in [0.2, 0.25) is 5.02 Å². The first kappa shape index (κ1) is 12.7. The van der Waals surface area contributed by atoms with E-state index in [1.807, 2.05) is 0 Å². The van der Waals surface area contributed by atoms with Gasteiger partial charge in [0.25, 0.3) is 0 Å². The van der Waals surface area contributed by atoms with Gasteiger partial charge in [-0.3, -0.25) is 4.79 Å². The third-order valence-electron chi connectivity index (χ3n) is 2.30. The number of thiophene rings is 1. The van der Waals surface area contributed by atoms with Gasteiger partial charge >= 0.3 is 0 Å². The molecule has 0 amide bonds. The van der Waals surface area contributed by atoms with Gasteiger partial charge in [-0.25, -0.2) is 8.42 Å². The summed E-state index contributed by atoms with van der Waals surface area (Å²) in [5.74, 6) is -0.454. The first-order valence-electron chi connectivity index (χ1n) is 4.15. The minimum atomic E-state index is -3.45. The molecule has 0 bridgehead atoms. The molecule has 6 heteroatoms. The molecule has 3 nitrogen and oxygen atoms in total. The molecule has 0 spiro atoms. The average molecular weight is 267 g/mol. The minimum absolute atomic E-state index is 0.298. The van der Waals surface area contributed by atoms with Gasteiger partial charge in [0.15, 0.2) is 15.6 Å². The van der Waals surface area contributed by atoms with E-state index in [1.54, 1.807) is 11.4 Å². The maximum absolute atomic E-state index is 11.9. The Labute approximate surface area is 98.0 Å². The van der Waals surface area contributed by atoms with Crippen LogP contribution in [0.15, 0.2) is 11.4 Å². The van der Waals surface area contributed by atoms with Crippen LogP contribution in [0.1, 0.15) is 23.5 Å². The lowest BCUT2D eigenvalue weighted by molar-refractivity contribution is 0.0958. The monoisotopic (exact) mass is 266 g/mol. The Balaban J connectivity index is 3.23. The Kier molecular flexibility index (Phi) is 3.28. The van der Waals surface area contributed by atoms with Crippen molar-refractivity contribution >= 4 is 38.6 Å². The lowest BCUT2D eigenvalue weighted by atomic mass is 10.1. The number of rotatable bonds is 3. The van der Waals surface area contributed by atoms with E-state index in [0.29, 0.717) is 9.90 Å². The Bertz CT molecular complexity index is 485. The summed E-state index contributed by atoms with van der Waals surface area (Å²) in [7, 11) is -3.45. The summed E-state index contributed by atoms with van der Waals surface area (Å²) in [5, 5.41) is 1.97. The van der Waals surface area contributed by atoms with Crippen molar-refractivity contribution in [1.82, 2.24) is 0 Å². The topological polar surface area (TPSA) is 51.2 Å². The molecule has 0 saturated carbocycles. The third kappa shape index (κ3) is 2.24. The van der Waals surface area contributed by atoms with E-state index in [4.69, 9.17) is 11.6 Å². The van der Waals surface area contributed by atoms with Gasteiger partial charge in [0.1, 0.15) is 4.75 Å². The molecule has 0 saturated heterocycles. The average Bonchev–Trinajstić information content (AvgIpc) is 2.48. The lowest BCUT2D eigenvalue weighted by Crippen LogP contribution is -2.39. The van der Waals surface area contributed by atoms with Crippen molar-refractivity contribution in [1.29, 1.82) is 0 Å². The summed E-state index contributed by atoms with van der Waals surface area (Å²) in [5.41, 5.74) is 0. The Hall–Kier alpha value is -0.390. The molecule has 1 rings (SSSR count). The molecule has 1 heterocycles. The van der Waals surface area contributed by atoms with Crippen LogP contribution in [0.4, 0.5) is 0 Å². The van der Waals surface area contributed by atoms with Crippen LogP contribution < -0.4 is 0 Å². The second kappa shape index (κ2) is 3.88. The number of ketones is 1. The van der Waals surface area contributed by atoms with E-state index in [9.17, 15) is 13.2 Å². The Morgan fingerprint density at radius 2 is 2.00 bits per heavy atom. The summed E-state index contributed by atoms with van der Waals surface area (Å²) >= 11 is 6.94. The molecular weight excluding hydrogens is 256 g/mol. The molecule has 0 aliphatic rings. The lowest BCUT2D eigenvalue weighted by Gasteiger charge is -2.19. The fourth-order valence-corrected chi connectivity index (χ4v) is 2.64. The molecule has 0 atom stereocenters. The minimum Gasteiger partial charge on any atom is -0.291 e. The van der Waals surface area contributed by atoms with Crippen molar-refractivity contribution in [2.75, 3.05) is 6.26 Å². The summed E-state index contributed by atoms with van der Waals surface area (Å²) in [6.45, 7) is 2.78. The predicted octanol–water partition coefficient (Wildman–Crippen LogP) is 2.41. The first-order valence-corrected chi connectivity index (χ1v) is 7.30. The van der Waals surface area contributed by atoms with E-state index in [2.05, 4.69) is 0 Å². The van der Waals surface area contributed by atoms with E-state index in [1.165, 1.54) is 13.8 Å². The number of carbonyl (C=O) groups excluding carboxylic acids is 1. The first-order chi connectivity index (χ1) is 6.68. The normalized spacial score (nSPS) is 12.8. The standard InChI is InChI=1S/C9H11ClO3S2/c1-9(2,15(3,12)13)8(11)7-6(10)4-5-14-7/h4-5H,1-3H3. The van der Waals surface area contributed by atoms with E-state index < -0.39 is 20.4 Å². The molecule has 1 aromatic heterocycles. The summed E-state index contributed by atoms with van der Waals surface area (Å²) in [6.07, 6.45) is 1.05. The quantitative estimate of drug-likeness (QED) is 0.790. The van der Waals surface area contributed by atoms with Crippen LogP contribution in [0.5, 0.6) is 0 Å². The van der Waals surface area contributed by atoms with Crippen molar-refractivity contribution in [2.24, 2.45) is 0 Å². The van der Waals surface area contributed by atoms with Gasteiger partial charge in [0, 0.05) is 6.26 Å². The smallest absolute Gasteiger partial charge is 0.194 e. The SMILES string of the molecule is CC(C)(C(=O)c1sccc1Cl)S(C)(=O)=O. The van der Waals surface area contributed by atoms with Crippen LogP contribution in [0, 0.1) is 0 Å². The molecule has 0 fully saturated rings. The number of carbonyl (C=O) groups is 1. The van der Waals surface area contributed by atoms with Crippen LogP contribution in [-0.4, -0.2) is 25.2 Å². The highest BCUT2D eigenvalue weighted by molar-refractivity contribution is 7.92. The van der Waals surface area contributed by atoms with Gasteiger partial charge < -0.3 is 0 Å². The second-order valence-electron chi connectivity index (χ2n) is 3.71. The van der Waals surface area contributed by atoms with Gasteiger partial charge in [0.05, 0.1) is 9.90 Å². The maximum Gasteiger partial charge on any atom is 0.194 e. The highest BCUT2D eigenvalue weighted by atomic mass is 35.5. The highest BCUT2D eigenvalue weighted by Gasteiger charge is 2.40. The predicted molar refractivity (Wildman–Crippen MR) is 62.6 cm³/mol. The zero-order chi connectivity index (χ0) is 11.9. The van der Waals surface area contributed by atoms with E-state index in [0.717, 1.165) is 17.6 Å². The molecule has 1 aromatic rings. The van der Waals surface area contributed by atoms with Gasteiger partial charge in [0.2, 0.25) is 0 Å². The van der Waals surface area contributed by atoms with Gasteiger partial charge in [-0.15, -0.1) is 11.3 Å². The molecule has 0 unspecified atom stereocenters. The molecule has 0 aliphatic heterocycles.